The lowest BCUT2D eigenvalue weighted by Gasteiger charge is -2.33. The van der Waals surface area contributed by atoms with Crippen LogP contribution in [0.3, 0.4) is 0 Å². The van der Waals surface area contributed by atoms with E-state index in [0.29, 0.717) is 0 Å². The zero-order valence-electron chi connectivity index (χ0n) is 13.5. The van der Waals surface area contributed by atoms with Crippen molar-refractivity contribution in [3.8, 4) is 0 Å². The first-order valence-electron chi connectivity index (χ1n) is 8.86. The number of hydrogen-bond acceptors (Lipinski definition) is 2. The van der Waals surface area contributed by atoms with Gasteiger partial charge < -0.3 is 10.2 Å². The van der Waals surface area contributed by atoms with Crippen LogP contribution in [0.2, 0.25) is 0 Å². The average Bonchev–Trinajstić information content (AvgIpc) is 3.34. The maximum Gasteiger partial charge on any atom is 0.0205 e. The summed E-state index contributed by atoms with van der Waals surface area (Å²) in [5, 5.41) is 3.62. The molecule has 0 aromatic heterocycles. The van der Waals surface area contributed by atoms with Crippen molar-refractivity contribution in [2.45, 2.75) is 64.0 Å². The molecule has 21 heavy (non-hydrogen) atoms. The second-order valence-corrected chi connectivity index (χ2v) is 6.93. The molecule has 1 aliphatic carbocycles. The number of nitrogens with one attached hydrogen (secondary N) is 1. The van der Waals surface area contributed by atoms with Gasteiger partial charge in [0.2, 0.25) is 0 Å². The van der Waals surface area contributed by atoms with Gasteiger partial charge in [0.05, 0.1) is 0 Å². The van der Waals surface area contributed by atoms with Crippen molar-refractivity contribution in [3.63, 3.8) is 0 Å². The van der Waals surface area contributed by atoms with E-state index >= 15 is 0 Å². The number of nitrogens with zero attached hydrogens (tertiary/aromatic N) is 1. The number of hydrogen-bond donors (Lipinski definition) is 1. The third-order valence-electron chi connectivity index (χ3n) is 5.07. The minimum atomic E-state index is 0.800. The number of benzene rings is 1. The first-order valence-corrected chi connectivity index (χ1v) is 8.86. The van der Waals surface area contributed by atoms with Crippen LogP contribution in [0.4, 0.5) is 0 Å². The molecule has 1 atom stereocenters. The highest BCUT2D eigenvalue weighted by Gasteiger charge is 2.23. The van der Waals surface area contributed by atoms with Gasteiger partial charge in [0.1, 0.15) is 0 Å². The predicted molar refractivity (Wildman–Crippen MR) is 89.6 cm³/mol. The van der Waals surface area contributed by atoms with Gasteiger partial charge in [0.25, 0.3) is 0 Å². The van der Waals surface area contributed by atoms with Crippen LogP contribution in [0.15, 0.2) is 24.3 Å². The Hall–Kier alpha value is -0.860. The Bertz CT molecular complexity index is 439. The van der Waals surface area contributed by atoms with Gasteiger partial charge in [0, 0.05) is 12.6 Å². The molecule has 116 valence electrons. The Labute approximate surface area is 129 Å². The molecular weight excluding hydrogens is 256 g/mol. The Morgan fingerprint density at radius 2 is 2.10 bits per heavy atom. The van der Waals surface area contributed by atoms with E-state index in [1.165, 1.54) is 57.2 Å². The van der Waals surface area contributed by atoms with Gasteiger partial charge in [-0.25, -0.2) is 0 Å². The normalized spacial score (nSPS) is 23.4. The fraction of sp³-hybridized carbons (Fsp3) is 0.684. The molecule has 1 N–H and O–H groups in total. The van der Waals surface area contributed by atoms with Crippen molar-refractivity contribution in [2.24, 2.45) is 0 Å². The molecule has 1 saturated heterocycles. The fourth-order valence-electron chi connectivity index (χ4n) is 3.50. The van der Waals surface area contributed by atoms with Crippen LogP contribution in [0.25, 0.3) is 0 Å². The van der Waals surface area contributed by atoms with Gasteiger partial charge in [0.15, 0.2) is 0 Å². The van der Waals surface area contributed by atoms with Gasteiger partial charge in [-0.05, 0) is 75.7 Å². The summed E-state index contributed by atoms with van der Waals surface area (Å²) in [7, 11) is 0. The summed E-state index contributed by atoms with van der Waals surface area (Å²) < 4.78 is 0. The molecule has 1 heterocycles. The predicted octanol–water partition coefficient (Wildman–Crippen LogP) is 3.92. The van der Waals surface area contributed by atoms with Crippen molar-refractivity contribution in [1.29, 1.82) is 0 Å². The second-order valence-electron chi connectivity index (χ2n) is 6.93. The molecule has 2 heteroatoms. The second kappa shape index (κ2) is 7.42. The minimum Gasteiger partial charge on any atom is -0.313 e. The molecule has 1 saturated carbocycles. The molecule has 1 aromatic rings. The summed E-state index contributed by atoms with van der Waals surface area (Å²) in [6, 6.07) is 9.97. The molecule has 0 spiro atoms. The first-order chi connectivity index (χ1) is 10.3. The summed E-state index contributed by atoms with van der Waals surface area (Å²) in [6.45, 7) is 7.11. The molecular formula is C19H30N2. The first kappa shape index (κ1) is 15.1. The lowest BCUT2D eigenvalue weighted by atomic mass is 10.0. The Balaban J connectivity index is 1.33. The topological polar surface area (TPSA) is 15.3 Å². The summed E-state index contributed by atoms with van der Waals surface area (Å²) in [5.41, 5.74) is 3.00. The van der Waals surface area contributed by atoms with E-state index in [4.69, 9.17) is 0 Å². The largest absolute Gasteiger partial charge is 0.313 e. The van der Waals surface area contributed by atoms with E-state index in [2.05, 4.69) is 41.4 Å². The van der Waals surface area contributed by atoms with Crippen LogP contribution in [0.1, 0.15) is 62.5 Å². The van der Waals surface area contributed by atoms with Crippen molar-refractivity contribution >= 4 is 0 Å². The van der Waals surface area contributed by atoms with Gasteiger partial charge in [-0.3, -0.25) is 0 Å². The third kappa shape index (κ3) is 4.55. The summed E-state index contributed by atoms with van der Waals surface area (Å²) in [4.78, 5) is 2.67. The lowest BCUT2D eigenvalue weighted by Crippen LogP contribution is -2.38. The molecule has 2 nitrogen and oxygen atoms in total. The van der Waals surface area contributed by atoms with E-state index in [9.17, 15) is 0 Å². The maximum absolute atomic E-state index is 3.62. The molecule has 2 aliphatic rings. The van der Waals surface area contributed by atoms with Crippen LogP contribution in [0.5, 0.6) is 0 Å². The van der Waals surface area contributed by atoms with E-state index < -0.39 is 0 Å². The van der Waals surface area contributed by atoms with Gasteiger partial charge >= 0.3 is 0 Å². The van der Waals surface area contributed by atoms with Crippen LogP contribution in [-0.4, -0.2) is 30.6 Å². The molecule has 0 radical (unpaired) electrons. The summed E-state index contributed by atoms with van der Waals surface area (Å²) >= 11 is 0. The quantitative estimate of drug-likeness (QED) is 0.764. The lowest BCUT2D eigenvalue weighted by molar-refractivity contribution is 0.159. The molecule has 3 rings (SSSR count). The summed E-state index contributed by atoms with van der Waals surface area (Å²) in [5.74, 6) is 0.866. The highest BCUT2D eigenvalue weighted by molar-refractivity contribution is 5.29. The van der Waals surface area contributed by atoms with E-state index in [1.807, 2.05) is 0 Å². The highest BCUT2D eigenvalue weighted by atomic mass is 15.2. The Kier molecular flexibility index (Phi) is 5.32. The molecule has 1 aliphatic heterocycles. The van der Waals surface area contributed by atoms with Gasteiger partial charge in [-0.2, -0.15) is 0 Å². The standard InChI is InChI=1S/C19H30N2/c1-16-6-2-3-12-21(16)13-5-11-20-15-17-7-4-8-19(14-17)18-9-10-18/h4,7-8,14,16,18,20H,2-3,5-6,9-13,15H2,1H3. The number of piperidine rings is 1. The van der Waals surface area contributed by atoms with Crippen molar-refractivity contribution < 1.29 is 0 Å². The molecule has 0 bridgehead atoms. The fourth-order valence-corrected chi connectivity index (χ4v) is 3.50. The summed E-state index contributed by atoms with van der Waals surface area (Å²) in [6.07, 6.45) is 8.27. The number of likely N-dealkylation sites (tertiary alicyclic amines) is 1. The zero-order valence-corrected chi connectivity index (χ0v) is 13.5. The minimum absolute atomic E-state index is 0.800. The van der Waals surface area contributed by atoms with E-state index in [-0.39, 0.29) is 0 Å². The monoisotopic (exact) mass is 286 g/mol. The van der Waals surface area contributed by atoms with E-state index in [0.717, 1.165) is 25.0 Å². The van der Waals surface area contributed by atoms with Crippen molar-refractivity contribution in [1.82, 2.24) is 10.2 Å². The van der Waals surface area contributed by atoms with Crippen LogP contribution < -0.4 is 5.32 Å². The highest BCUT2D eigenvalue weighted by Crippen LogP contribution is 2.40. The Morgan fingerprint density at radius 3 is 2.90 bits per heavy atom. The third-order valence-corrected chi connectivity index (χ3v) is 5.07. The maximum atomic E-state index is 3.62. The zero-order chi connectivity index (χ0) is 14.5. The Morgan fingerprint density at radius 1 is 1.19 bits per heavy atom. The number of rotatable bonds is 7. The smallest absolute Gasteiger partial charge is 0.0205 e. The van der Waals surface area contributed by atoms with E-state index in [1.54, 1.807) is 5.56 Å². The molecule has 0 amide bonds. The van der Waals surface area contributed by atoms with Crippen LogP contribution in [-0.2, 0) is 6.54 Å². The SMILES string of the molecule is CC1CCCCN1CCCNCc1cccc(C2CC2)c1. The molecule has 2 fully saturated rings. The van der Waals surface area contributed by atoms with Gasteiger partial charge in [-0.1, -0.05) is 30.7 Å². The molecule has 1 aromatic carbocycles. The van der Waals surface area contributed by atoms with Crippen LogP contribution in [0, 0.1) is 0 Å². The van der Waals surface area contributed by atoms with Crippen molar-refractivity contribution in [2.75, 3.05) is 19.6 Å². The van der Waals surface area contributed by atoms with Gasteiger partial charge in [-0.15, -0.1) is 0 Å². The van der Waals surface area contributed by atoms with Crippen molar-refractivity contribution in [3.05, 3.63) is 35.4 Å². The average molecular weight is 286 g/mol. The molecule has 1 unspecified atom stereocenters. The van der Waals surface area contributed by atoms with Crippen LogP contribution >= 0.6 is 0 Å².